The lowest BCUT2D eigenvalue weighted by molar-refractivity contribution is 0.570. The highest BCUT2D eigenvalue weighted by Crippen LogP contribution is 2.29. The van der Waals surface area contributed by atoms with Gasteiger partial charge in [-0.15, -0.1) is 11.3 Å². The highest BCUT2D eigenvalue weighted by atomic mass is 79.9. The fourth-order valence-corrected chi connectivity index (χ4v) is 5.92. The number of alkyl halides is 1. The van der Waals surface area contributed by atoms with Gasteiger partial charge in [0.2, 0.25) is 0 Å². The molecule has 0 aliphatic rings. The van der Waals surface area contributed by atoms with Crippen LogP contribution in [0.15, 0.2) is 50.5 Å². The molecule has 1 aromatic heterocycles. The summed E-state index contributed by atoms with van der Waals surface area (Å²) in [6.45, 7) is 0. The second-order valence-corrected chi connectivity index (χ2v) is 8.12. The third-order valence-electron chi connectivity index (χ3n) is 2.48. The lowest BCUT2D eigenvalue weighted by Crippen LogP contribution is -2.29. The first kappa shape index (κ1) is 15.2. The summed E-state index contributed by atoms with van der Waals surface area (Å²) >= 11 is 7.79. The fraction of sp³-hybridized carbons (Fsp3) is 0.167. The quantitative estimate of drug-likeness (QED) is 0.739. The van der Waals surface area contributed by atoms with Gasteiger partial charge in [0.1, 0.15) is 4.21 Å². The van der Waals surface area contributed by atoms with E-state index in [0.717, 1.165) is 5.56 Å². The van der Waals surface area contributed by atoms with Gasteiger partial charge in [0.15, 0.2) is 0 Å². The molecule has 1 unspecified atom stereocenters. The van der Waals surface area contributed by atoms with E-state index in [1.54, 1.807) is 11.4 Å². The van der Waals surface area contributed by atoms with Crippen LogP contribution in [0.3, 0.4) is 0 Å². The van der Waals surface area contributed by atoms with Gasteiger partial charge >= 0.3 is 0 Å². The summed E-state index contributed by atoms with van der Waals surface area (Å²) in [7, 11) is -3.52. The first-order chi connectivity index (χ1) is 9.04. The van der Waals surface area contributed by atoms with Crippen LogP contribution in [0.4, 0.5) is 0 Å². The first-order valence-corrected chi connectivity index (χ1v) is 9.68. The van der Waals surface area contributed by atoms with Crippen molar-refractivity contribution in [2.45, 2.75) is 10.3 Å². The molecule has 0 fully saturated rings. The number of halogens is 2. The summed E-state index contributed by atoms with van der Waals surface area (Å²) in [5, 5.41) is 2.25. The molecule has 2 rings (SSSR count). The summed E-state index contributed by atoms with van der Waals surface area (Å²) in [6.07, 6.45) is 0. The minimum absolute atomic E-state index is 0.291. The summed E-state index contributed by atoms with van der Waals surface area (Å²) in [4.78, 5) is 0. The molecule has 0 saturated heterocycles. The smallest absolute Gasteiger partial charge is 0.206 e. The second-order valence-electron chi connectivity index (χ2n) is 3.79. The van der Waals surface area contributed by atoms with Crippen LogP contribution in [0.1, 0.15) is 11.6 Å². The normalized spacial score (nSPS) is 13.4. The summed E-state index contributed by atoms with van der Waals surface area (Å²) in [5.41, 5.74) is 0.927. The van der Waals surface area contributed by atoms with Crippen molar-refractivity contribution in [2.24, 2.45) is 0 Å². The van der Waals surface area contributed by atoms with E-state index in [4.69, 9.17) is 0 Å². The summed E-state index contributed by atoms with van der Waals surface area (Å²) in [5.74, 6) is 0. The average molecular weight is 425 g/mol. The third-order valence-corrected chi connectivity index (χ3v) is 7.27. The van der Waals surface area contributed by atoms with Crippen molar-refractivity contribution in [3.8, 4) is 0 Å². The Morgan fingerprint density at radius 2 is 1.89 bits per heavy atom. The molecule has 0 saturated carbocycles. The van der Waals surface area contributed by atoms with Gasteiger partial charge in [-0.1, -0.05) is 46.3 Å². The first-order valence-electron chi connectivity index (χ1n) is 5.41. The van der Waals surface area contributed by atoms with E-state index < -0.39 is 10.0 Å². The van der Waals surface area contributed by atoms with Crippen LogP contribution < -0.4 is 4.72 Å². The van der Waals surface area contributed by atoms with Crippen LogP contribution in [0.25, 0.3) is 0 Å². The highest BCUT2D eigenvalue weighted by Gasteiger charge is 2.23. The molecule has 1 heterocycles. The van der Waals surface area contributed by atoms with Gasteiger partial charge in [-0.2, -0.15) is 0 Å². The number of sulfonamides is 1. The van der Waals surface area contributed by atoms with Gasteiger partial charge in [0.05, 0.1) is 6.04 Å². The van der Waals surface area contributed by atoms with Crippen molar-refractivity contribution >= 4 is 53.2 Å². The Hall–Kier alpha value is -0.210. The van der Waals surface area contributed by atoms with E-state index in [1.165, 1.54) is 11.3 Å². The Balaban J connectivity index is 2.27. The maximum atomic E-state index is 12.3. The molecule has 1 aromatic carbocycles. The molecule has 0 spiro atoms. The monoisotopic (exact) mass is 423 g/mol. The second kappa shape index (κ2) is 6.49. The lowest BCUT2D eigenvalue weighted by atomic mass is 10.1. The minimum Gasteiger partial charge on any atom is -0.206 e. The van der Waals surface area contributed by atoms with Gasteiger partial charge in [0.25, 0.3) is 10.0 Å². The Labute approximate surface area is 133 Å². The molecule has 0 radical (unpaired) electrons. The number of rotatable bonds is 5. The highest BCUT2D eigenvalue weighted by molar-refractivity contribution is 9.10. The van der Waals surface area contributed by atoms with Crippen LogP contribution in [0.5, 0.6) is 0 Å². The van der Waals surface area contributed by atoms with E-state index in [1.807, 2.05) is 30.3 Å². The number of thiophene rings is 1. The van der Waals surface area contributed by atoms with Crippen LogP contribution in [-0.4, -0.2) is 13.7 Å². The summed E-state index contributed by atoms with van der Waals surface area (Å²) < 4.78 is 28.2. The molecule has 2 aromatic rings. The standard InChI is InChI=1S/C12H11Br2NO2S2/c13-8-11(9-4-2-1-3-5-9)15-19(16,17)12-10(14)6-7-18-12/h1-7,11,15H,8H2. The number of nitrogens with one attached hydrogen (secondary N) is 1. The van der Waals surface area contributed by atoms with E-state index >= 15 is 0 Å². The third kappa shape index (κ3) is 3.66. The largest absolute Gasteiger partial charge is 0.251 e. The summed E-state index contributed by atoms with van der Waals surface area (Å²) in [6, 6.07) is 10.9. The zero-order valence-electron chi connectivity index (χ0n) is 9.71. The number of hydrogen-bond donors (Lipinski definition) is 1. The predicted octanol–water partition coefficient (Wildman–Crippen LogP) is 3.93. The SMILES string of the molecule is O=S(=O)(NC(CBr)c1ccccc1)c1sccc1Br. The van der Waals surface area contributed by atoms with E-state index in [2.05, 4.69) is 36.6 Å². The molecule has 0 amide bonds. The molecule has 0 aliphatic carbocycles. The maximum absolute atomic E-state index is 12.3. The molecule has 102 valence electrons. The lowest BCUT2D eigenvalue weighted by Gasteiger charge is -2.16. The molecular weight excluding hydrogens is 414 g/mol. The molecule has 3 nitrogen and oxygen atoms in total. The van der Waals surface area contributed by atoms with Gasteiger partial charge in [-0.25, -0.2) is 13.1 Å². The minimum atomic E-state index is -3.52. The van der Waals surface area contributed by atoms with Crippen molar-refractivity contribution < 1.29 is 8.42 Å². The molecular formula is C12H11Br2NO2S2. The van der Waals surface area contributed by atoms with Crippen LogP contribution in [0, 0.1) is 0 Å². The molecule has 19 heavy (non-hydrogen) atoms. The van der Waals surface area contributed by atoms with Crippen LogP contribution in [0.2, 0.25) is 0 Å². The Morgan fingerprint density at radius 1 is 1.21 bits per heavy atom. The number of hydrogen-bond acceptors (Lipinski definition) is 3. The molecule has 1 N–H and O–H groups in total. The molecule has 7 heteroatoms. The molecule has 1 atom stereocenters. The van der Waals surface area contributed by atoms with Crippen molar-refractivity contribution in [1.82, 2.24) is 4.72 Å². The van der Waals surface area contributed by atoms with Crippen molar-refractivity contribution in [1.29, 1.82) is 0 Å². The Bertz CT molecular complexity index is 641. The molecule has 0 bridgehead atoms. The molecule has 0 aliphatic heterocycles. The van der Waals surface area contributed by atoms with Gasteiger partial charge in [-0.05, 0) is 32.9 Å². The van der Waals surface area contributed by atoms with E-state index in [9.17, 15) is 8.42 Å². The van der Waals surface area contributed by atoms with Crippen LogP contribution >= 0.6 is 43.2 Å². The van der Waals surface area contributed by atoms with Crippen molar-refractivity contribution in [3.63, 3.8) is 0 Å². The number of benzene rings is 1. The topological polar surface area (TPSA) is 46.2 Å². The van der Waals surface area contributed by atoms with Crippen molar-refractivity contribution in [3.05, 3.63) is 51.8 Å². The average Bonchev–Trinajstić information content (AvgIpc) is 2.84. The van der Waals surface area contributed by atoms with Crippen molar-refractivity contribution in [2.75, 3.05) is 5.33 Å². The zero-order valence-corrected chi connectivity index (χ0v) is 14.5. The van der Waals surface area contributed by atoms with Crippen LogP contribution in [-0.2, 0) is 10.0 Å². The zero-order chi connectivity index (χ0) is 13.9. The van der Waals surface area contributed by atoms with Gasteiger partial charge in [-0.3, -0.25) is 0 Å². The fourth-order valence-electron chi connectivity index (χ4n) is 1.59. The Morgan fingerprint density at radius 3 is 2.42 bits per heavy atom. The van der Waals surface area contributed by atoms with Gasteiger partial charge in [0, 0.05) is 9.80 Å². The Kier molecular flexibility index (Phi) is 5.19. The predicted molar refractivity (Wildman–Crippen MR) is 85.3 cm³/mol. The van der Waals surface area contributed by atoms with Gasteiger partial charge < -0.3 is 0 Å². The maximum Gasteiger partial charge on any atom is 0.251 e. The van der Waals surface area contributed by atoms with E-state index in [0.29, 0.717) is 14.0 Å². The van der Waals surface area contributed by atoms with E-state index in [-0.39, 0.29) is 6.04 Å².